The molecule has 2 aromatic rings. The molecule has 1 unspecified atom stereocenters. The van der Waals surface area contributed by atoms with E-state index in [4.69, 9.17) is 9.47 Å². The van der Waals surface area contributed by atoms with E-state index in [0.29, 0.717) is 47.3 Å². The number of hydroxylamine groups is 4. The molecule has 1 atom stereocenters. The number of hydrogen-bond acceptors (Lipinski definition) is 10. The Bertz CT molecular complexity index is 1550. The molecule has 2 saturated heterocycles. The molecule has 2 fully saturated rings. The minimum absolute atomic E-state index is 0.155. The zero-order chi connectivity index (χ0) is 41.0. The van der Waals surface area contributed by atoms with Crippen molar-refractivity contribution in [1.82, 2.24) is 10.1 Å². The third-order valence-electron chi connectivity index (χ3n) is 11.2. The van der Waals surface area contributed by atoms with Gasteiger partial charge < -0.3 is 29.5 Å². The van der Waals surface area contributed by atoms with Crippen LogP contribution < -0.4 is 0 Å². The molecular weight excluding hydrogens is 705 g/mol. The molecule has 0 aromatic heterocycles. The first-order valence-corrected chi connectivity index (χ1v) is 20.5. The van der Waals surface area contributed by atoms with Crippen LogP contribution in [-0.2, 0) is 47.5 Å². The number of phenols is 1. The zero-order valence-corrected chi connectivity index (χ0v) is 35.9. The highest BCUT2D eigenvalue weighted by Gasteiger charge is 2.57. The van der Waals surface area contributed by atoms with Crippen LogP contribution in [0.4, 0.5) is 0 Å². The molecule has 54 heavy (non-hydrogen) atoms. The molecule has 2 aromatic carbocycles. The summed E-state index contributed by atoms with van der Waals surface area (Å²) in [6.45, 7) is 26.9. The van der Waals surface area contributed by atoms with E-state index in [2.05, 4.69) is 0 Å². The first-order chi connectivity index (χ1) is 24.4. The van der Waals surface area contributed by atoms with Crippen LogP contribution in [0.1, 0.15) is 139 Å². The number of phenolic OH excluding ortho intramolecular Hbond substituents is 1. The van der Waals surface area contributed by atoms with Gasteiger partial charge >= 0.3 is 11.9 Å². The Morgan fingerprint density at radius 1 is 0.722 bits per heavy atom. The SMILES string of the molecule is CC(C)(C)c1cc(CC(C[S+]([O-])c2ccccc2)(C(=O)OC2CC(C)(C)N(O)C(C)(C)C2)C(=O)OC2CC(C)(C)N(O)C(C)(C)C2)cc(C(C)(C)C)c1O. The summed E-state index contributed by atoms with van der Waals surface area (Å²) < 4.78 is 27.2. The van der Waals surface area contributed by atoms with Gasteiger partial charge in [-0.25, -0.2) is 0 Å². The molecule has 2 aliphatic heterocycles. The quantitative estimate of drug-likeness (QED) is 0.130. The Morgan fingerprint density at radius 2 is 1.07 bits per heavy atom. The first-order valence-electron chi connectivity index (χ1n) is 19.1. The van der Waals surface area contributed by atoms with Crippen molar-refractivity contribution < 1.29 is 39.1 Å². The van der Waals surface area contributed by atoms with Crippen molar-refractivity contribution in [3.05, 3.63) is 59.2 Å². The maximum absolute atomic E-state index is 15.2. The van der Waals surface area contributed by atoms with E-state index in [1.54, 1.807) is 24.3 Å². The van der Waals surface area contributed by atoms with Gasteiger partial charge in [-0.05, 0) is 106 Å². The maximum atomic E-state index is 15.2. The number of carbonyl (C=O) groups excluding carboxylic acids is 2. The van der Waals surface area contributed by atoms with Crippen LogP contribution in [0.5, 0.6) is 5.75 Å². The molecule has 0 aliphatic carbocycles. The topological polar surface area (TPSA) is 143 Å². The van der Waals surface area contributed by atoms with Crippen LogP contribution in [0.15, 0.2) is 47.4 Å². The third-order valence-corrected chi connectivity index (χ3v) is 12.8. The zero-order valence-electron chi connectivity index (χ0n) is 35.1. The molecule has 4 rings (SSSR count). The highest BCUT2D eigenvalue weighted by Crippen LogP contribution is 2.45. The fraction of sp³-hybridized carbons (Fsp3) is 0.674. The van der Waals surface area contributed by atoms with Gasteiger partial charge in [0.25, 0.3) is 0 Å². The molecule has 0 amide bonds. The summed E-state index contributed by atoms with van der Waals surface area (Å²) in [4.78, 5) is 30.8. The second-order valence-electron chi connectivity index (χ2n) is 20.3. The summed E-state index contributed by atoms with van der Waals surface area (Å²) in [5.41, 5.74) is -4.18. The van der Waals surface area contributed by atoms with Gasteiger partial charge in [0, 0.05) is 54.3 Å². The van der Waals surface area contributed by atoms with E-state index in [-0.39, 0.29) is 12.2 Å². The highest BCUT2D eigenvalue weighted by molar-refractivity contribution is 7.91. The molecule has 0 bridgehead atoms. The average Bonchev–Trinajstić information content (AvgIpc) is 3.01. The summed E-state index contributed by atoms with van der Waals surface area (Å²) in [5, 5.41) is 36.2. The number of carbonyl (C=O) groups is 2. The van der Waals surface area contributed by atoms with Crippen molar-refractivity contribution in [2.45, 2.75) is 179 Å². The Morgan fingerprint density at radius 3 is 1.41 bits per heavy atom. The van der Waals surface area contributed by atoms with E-state index in [9.17, 15) is 20.1 Å². The predicted octanol–water partition coefficient (Wildman–Crippen LogP) is 8.23. The van der Waals surface area contributed by atoms with Gasteiger partial charge in [0.15, 0.2) is 4.90 Å². The van der Waals surface area contributed by atoms with Crippen molar-refractivity contribution in [1.29, 1.82) is 0 Å². The fourth-order valence-electron chi connectivity index (χ4n) is 8.62. The molecule has 0 spiro atoms. The van der Waals surface area contributed by atoms with Gasteiger partial charge in [0.2, 0.25) is 5.41 Å². The van der Waals surface area contributed by atoms with Crippen molar-refractivity contribution in [3.8, 4) is 5.75 Å². The average molecular weight is 771 g/mol. The normalized spacial score (nSPS) is 21.7. The number of benzene rings is 2. The molecule has 302 valence electrons. The van der Waals surface area contributed by atoms with Gasteiger partial charge in [0.1, 0.15) is 23.7 Å². The number of piperidine rings is 2. The molecule has 0 saturated carbocycles. The van der Waals surface area contributed by atoms with Crippen LogP contribution in [0.3, 0.4) is 0 Å². The Balaban J connectivity index is 1.94. The Labute approximate surface area is 326 Å². The Kier molecular flexibility index (Phi) is 12.2. The third kappa shape index (κ3) is 9.30. The summed E-state index contributed by atoms with van der Waals surface area (Å²) in [6.07, 6.45) is -0.362. The lowest BCUT2D eigenvalue weighted by molar-refractivity contribution is -0.262. The van der Waals surface area contributed by atoms with E-state index in [1.807, 2.05) is 115 Å². The minimum atomic E-state index is -2.09. The number of nitrogens with zero attached hydrogens (tertiary/aromatic N) is 2. The van der Waals surface area contributed by atoms with Crippen LogP contribution in [0.2, 0.25) is 0 Å². The van der Waals surface area contributed by atoms with Crippen LogP contribution in [-0.4, -0.2) is 82.3 Å². The number of aromatic hydroxyl groups is 1. The molecule has 2 aliphatic rings. The summed E-state index contributed by atoms with van der Waals surface area (Å²) in [7, 11) is 0. The number of ether oxygens (including phenoxy) is 2. The van der Waals surface area contributed by atoms with E-state index in [0.717, 1.165) is 0 Å². The lowest BCUT2D eigenvalue weighted by Gasteiger charge is -2.51. The van der Waals surface area contributed by atoms with E-state index < -0.39 is 79.5 Å². The number of rotatable bonds is 9. The maximum Gasteiger partial charge on any atom is 0.329 e. The lowest BCUT2D eigenvalue weighted by atomic mass is 9.75. The highest BCUT2D eigenvalue weighted by atomic mass is 32.2. The van der Waals surface area contributed by atoms with Crippen LogP contribution >= 0.6 is 0 Å². The summed E-state index contributed by atoms with van der Waals surface area (Å²) in [5.74, 6) is -1.95. The molecule has 0 radical (unpaired) electrons. The standard InChI is InChI=1S/C43H66N2O8S/c1-37(2,3)32-20-28(21-33(34(32)46)38(4,5)6)22-43(27-54(51)31-18-16-15-17-19-31,35(47)52-29-23-39(7,8)44(49)40(9,10)24-29)36(48)53-30-25-41(11,12)45(50)42(13,14)26-30/h15-21,29-30,46,49-50H,22-27H2,1-14H3. The molecular formula is C43H66N2O8S. The largest absolute Gasteiger partial charge is 0.611 e. The van der Waals surface area contributed by atoms with Crippen molar-refractivity contribution in [2.24, 2.45) is 5.41 Å². The van der Waals surface area contributed by atoms with Gasteiger partial charge in [-0.3, -0.25) is 9.59 Å². The molecule has 11 heteroatoms. The monoisotopic (exact) mass is 770 g/mol. The van der Waals surface area contributed by atoms with Gasteiger partial charge in [0.05, 0.1) is 0 Å². The second kappa shape index (κ2) is 15.0. The second-order valence-corrected chi connectivity index (χ2v) is 21.8. The number of esters is 2. The first kappa shape index (κ1) is 44.0. The van der Waals surface area contributed by atoms with Crippen molar-refractivity contribution in [3.63, 3.8) is 0 Å². The van der Waals surface area contributed by atoms with Crippen LogP contribution in [0, 0.1) is 5.41 Å². The summed E-state index contributed by atoms with van der Waals surface area (Å²) in [6, 6.07) is 12.4. The van der Waals surface area contributed by atoms with Crippen molar-refractivity contribution in [2.75, 3.05) is 5.75 Å². The smallest absolute Gasteiger partial charge is 0.329 e. The Hall–Kier alpha value is -2.67. The molecule has 2 heterocycles. The molecule has 10 nitrogen and oxygen atoms in total. The number of hydrogen-bond donors (Lipinski definition) is 3. The predicted molar refractivity (Wildman–Crippen MR) is 211 cm³/mol. The van der Waals surface area contributed by atoms with Gasteiger partial charge in [-0.15, -0.1) is 0 Å². The van der Waals surface area contributed by atoms with Crippen LogP contribution in [0.25, 0.3) is 0 Å². The van der Waals surface area contributed by atoms with E-state index >= 15 is 9.59 Å². The lowest BCUT2D eigenvalue weighted by Crippen LogP contribution is -2.62. The van der Waals surface area contributed by atoms with Crippen molar-refractivity contribution >= 4 is 23.1 Å². The van der Waals surface area contributed by atoms with E-state index in [1.165, 1.54) is 10.1 Å². The summed E-state index contributed by atoms with van der Waals surface area (Å²) >= 11 is -1.85. The minimum Gasteiger partial charge on any atom is -0.611 e. The van der Waals surface area contributed by atoms with Gasteiger partial charge in [-0.1, -0.05) is 71.9 Å². The molecule has 3 N–H and O–H groups in total. The fourth-order valence-corrected chi connectivity index (χ4v) is 10.0. The van der Waals surface area contributed by atoms with Gasteiger partial charge in [-0.2, -0.15) is 10.1 Å².